The van der Waals surface area contributed by atoms with E-state index in [0.29, 0.717) is 22.9 Å². The number of para-hydroxylation sites is 1. The van der Waals surface area contributed by atoms with E-state index in [4.69, 9.17) is 15.2 Å². The van der Waals surface area contributed by atoms with E-state index >= 15 is 0 Å². The predicted molar refractivity (Wildman–Crippen MR) is 78.8 cm³/mol. The summed E-state index contributed by atoms with van der Waals surface area (Å²) in [6.07, 6.45) is 3.41. The maximum Gasteiger partial charge on any atom is 0.340 e. The standard InChI is InChI=1S/C16H23NO3/c1-10-7-8-12(9-11(10)2)20-14-6-4-5-13(15(14)17)16(18)19-3/h4-6,10-12H,7-9,17H2,1-3H3. The lowest BCUT2D eigenvalue weighted by Crippen LogP contribution is -2.29. The van der Waals surface area contributed by atoms with Crippen LogP contribution >= 0.6 is 0 Å². The van der Waals surface area contributed by atoms with Crippen LogP contribution < -0.4 is 10.5 Å². The Morgan fingerprint density at radius 2 is 2.00 bits per heavy atom. The second kappa shape index (κ2) is 6.16. The number of hydrogen-bond acceptors (Lipinski definition) is 4. The minimum atomic E-state index is -0.432. The van der Waals surface area contributed by atoms with Crippen molar-refractivity contribution < 1.29 is 14.3 Å². The van der Waals surface area contributed by atoms with E-state index in [1.165, 1.54) is 13.5 Å². The maximum absolute atomic E-state index is 11.6. The fraction of sp³-hybridized carbons (Fsp3) is 0.562. The molecule has 0 bridgehead atoms. The van der Waals surface area contributed by atoms with Gasteiger partial charge in [0.1, 0.15) is 5.75 Å². The molecule has 4 heteroatoms. The summed E-state index contributed by atoms with van der Waals surface area (Å²) in [6, 6.07) is 5.23. The van der Waals surface area contributed by atoms with E-state index in [2.05, 4.69) is 13.8 Å². The lowest BCUT2D eigenvalue weighted by Gasteiger charge is -2.32. The molecule has 0 spiro atoms. The molecule has 0 aliphatic heterocycles. The number of anilines is 1. The number of rotatable bonds is 3. The van der Waals surface area contributed by atoms with Gasteiger partial charge in [0.15, 0.2) is 0 Å². The lowest BCUT2D eigenvalue weighted by atomic mass is 9.80. The number of benzene rings is 1. The van der Waals surface area contributed by atoms with Crippen molar-refractivity contribution in [2.75, 3.05) is 12.8 Å². The number of esters is 1. The summed E-state index contributed by atoms with van der Waals surface area (Å²) in [5, 5.41) is 0. The minimum absolute atomic E-state index is 0.177. The zero-order valence-electron chi connectivity index (χ0n) is 12.4. The number of nitrogen functional groups attached to an aromatic ring is 1. The first-order valence-corrected chi connectivity index (χ1v) is 7.16. The van der Waals surface area contributed by atoms with Crippen LogP contribution in [0.3, 0.4) is 0 Å². The summed E-state index contributed by atoms with van der Waals surface area (Å²) in [5.74, 6) is 1.55. The molecule has 1 aliphatic rings. The monoisotopic (exact) mass is 277 g/mol. The minimum Gasteiger partial charge on any atom is -0.488 e. The Morgan fingerprint density at radius 1 is 1.25 bits per heavy atom. The first-order valence-electron chi connectivity index (χ1n) is 7.16. The third-order valence-electron chi connectivity index (χ3n) is 4.32. The largest absolute Gasteiger partial charge is 0.488 e. The predicted octanol–water partition coefficient (Wildman–Crippen LogP) is 3.26. The molecule has 1 aliphatic carbocycles. The van der Waals surface area contributed by atoms with Crippen molar-refractivity contribution in [2.45, 2.75) is 39.2 Å². The zero-order chi connectivity index (χ0) is 14.7. The molecule has 1 fully saturated rings. The highest BCUT2D eigenvalue weighted by atomic mass is 16.5. The Bertz CT molecular complexity index is 487. The van der Waals surface area contributed by atoms with Crippen LogP contribution in [0.4, 0.5) is 5.69 Å². The molecule has 2 rings (SSSR count). The van der Waals surface area contributed by atoms with Gasteiger partial charge in [-0.25, -0.2) is 4.79 Å². The molecule has 1 aromatic carbocycles. The summed E-state index contributed by atoms with van der Waals surface area (Å²) in [4.78, 5) is 11.6. The number of hydrogen-bond donors (Lipinski definition) is 1. The molecule has 0 aromatic heterocycles. The van der Waals surface area contributed by atoms with E-state index in [0.717, 1.165) is 18.8 Å². The van der Waals surface area contributed by atoms with Crippen molar-refractivity contribution in [1.29, 1.82) is 0 Å². The van der Waals surface area contributed by atoms with Gasteiger partial charge in [0.25, 0.3) is 0 Å². The zero-order valence-corrected chi connectivity index (χ0v) is 12.4. The van der Waals surface area contributed by atoms with Crippen LogP contribution in [0.2, 0.25) is 0 Å². The van der Waals surface area contributed by atoms with E-state index in [1.54, 1.807) is 12.1 Å². The normalized spacial score (nSPS) is 26.1. The molecule has 4 nitrogen and oxygen atoms in total. The third-order valence-corrected chi connectivity index (χ3v) is 4.32. The Hall–Kier alpha value is -1.71. The van der Waals surface area contributed by atoms with Gasteiger partial charge in [-0.15, -0.1) is 0 Å². The van der Waals surface area contributed by atoms with Crippen molar-refractivity contribution in [3.05, 3.63) is 23.8 Å². The number of carbonyl (C=O) groups excluding carboxylic acids is 1. The second-order valence-corrected chi connectivity index (χ2v) is 5.72. The van der Waals surface area contributed by atoms with Crippen LogP contribution in [0.5, 0.6) is 5.75 Å². The molecule has 1 aromatic rings. The average molecular weight is 277 g/mol. The first-order chi connectivity index (χ1) is 9.52. The van der Waals surface area contributed by atoms with Crippen LogP contribution in [-0.4, -0.2) is 19.2 Å². The van der Waals surface area contributed by atoms with Crippen molar-refractivity contribution in [2.24, 2.45) is 11.8 Å². The summed E-state index contributed by atoms with van der Waals surface area (Å²) in [7, 11) is 1.35. The van der Waals surface area contributed by atoms with Crippen LogP contribution in [0.1, 0.15) is 43.5 Å². The van der Waals surface area contributed by atoms with Gasteiger partial charge in [-0.2, -0.15) is 0 Å². The molecule has 3 unspecified atom stereocenters. The molecule has 0 amide bonds. The number of methoxy groups -OCH3 is 1. The molecule has 0 heterocycles. The van der Waals surface area contributed by atoms with Gasteiger partial charge in [0.05, 0.1) is 24.5 Å². The highest BCUT2D eigenvalue weighted by Crippen LogP contribution is 2.34. The Labute approximate surface area is 120 Å². The summed E-state index contributed by atoms with van der Waals surface area (Å²) >= 11 is 0. The van der Waals surface area contributed by atoms with Crippen molar-refractivity contribution >= 4 is 11.7 Å². The van der Waals surface area contributed by atoms with E-state index in [-0.39, 0.29) is 6.10 Å². The molecule has 2 N–H and O–H groups in total. The highest BCUT2D eigenvalue weighted by molar-refractivity contribution is 5.96. The van der Waals surface area contributed by atoms with Crippen LogP contribution in [0.15, 0.2) is 18.2 Å². The maximum atomic E-state index is 11.6. The van der Waals surface area contributed by atoms with Crippen LogP contribution in [0, 0.1) is 11.8 Å². The van der Waals surface area contributed by atoms with Crippen molar-refractivity contribution in [3.63, 3.8) is 0 Å². The van der Waals surface area contributed by atoms with Gasteiger partial charge in [0, 0.05) is 0 Å². The Kier molecular flexibility index (Phi) is 4.53. The number of ether oxygens (including phenoxy) is 2. The fourth-order valence-corrected chi connectivity index (χ4v) is 2.72. The van der Waals surface area contributed by atoms with Gasteiger partial charge < -0.3 is 15.2 Å². The summed E-state index contributed by atoms with van der Waals surface area (Å²) in [5.41, 5.74) is 6.74. The van der Waals surface area contributed by atoms with E-state index < -0.39 is 5.97 Å². The van der Waals surface area contributed by atoms with Crippen LogP contribution in [-0.2, 0) is 4.74 Å². The molecule has 3 atom stereocenters. The smallest absolute Gasteiger partial charge is 0.340 e. The van der Waals surface area contributed by atoms with Gasteiger partial charge in [-0.05, 0) is 43.2 Å². The molecular formula is C16H23NO3. The van der Waals surface area contributed by atoms with Gasteiger partial charge >= 0.3 is 5.97 Å². The second-order valence-electron chi connectivity index (χ2n) is 5.72. The Balaban J connectivity index is 2.12. The molecule has 20 heavy (non-hydrogen) atoms. The molecule has 0 radical (unpaired) electrons. The SMILES string of the molecule is COC(=O)c1cccc(OC2CCC(C)C(C)C2)c1N. The van der Waals surface area contributed by atoms with Gasteiger partial charge in [-0.3, -0.25) is 0 Å². The van der Waals surface area contributed by atoms with Crippen LogP contribution in [0.25, 0.3) is 0 Å². The summed E-state index contributed by atoms with van der Waals surface area (Å²) < 4.78 is 10.7. The topological polar surface area (TPSA) is 61.5 Å². The number of nitrogens with two attached hydrogens (primary N) is 1. The van der Waals surface area contributed by atoms with E-state index in [9.17, 15) is 4.79 Å². The first kappa shape index (κ1) is 14.7. The van der Waals surface area contributed by atoms with E-state index in [1.807, 2.05) is 6.07 Å². The Morgan fingerprint density at radius 3 is 2.65 bits per heavy atom. The van der Waals surface area contributed by atoms with Gasteiger partial charge in [0.2, 0.25) is 0 Å². The summed E-state index contributed by atoms with van der Waals surface area (Å²) in [6.45, 7) is 4.54. The fourth-order valence-electron chi connectivity index (χ4n) is 2.72. The van der Waals surface area contributed by atoms with Crippen molar-refractivity contribution in [3.8, 4) is 5.75 Å². The third kappa shape index (κ3) is 3.06. The quantitative estimate of drug-likeness (QED) is 0.680. The average Bonchev–Trinajstić information content (AvgIpc) is 2.44. The highest BCUT2D eigenvalue weighted by Gasteiger charge is 2.26. The molecular weight excluding hydrogens is 254 g/mol. The lowest BCUT2D eigenvalue weighted by molar-refractivity contribution is 0.0600. The van der Waals surface area contributed by atoms with Gasteiger partial charge in [-0.1, -0.05) is 19.9 Å². The molecule has 0 saturated heterocycles. The number of carbonyl (C=O) groups is 1. The molecule has 110 valence electrons. The van der Waals surface area contributed by atoms with Crippen molar-refractivity contribution in [1.82, 2.24) is 0 Å². The molecule has 1 saturated carbocycles.